The van der Waals surface area contributed by atoms with Gasteiger partial charge in [0.1, 0.15) is 0 Å². The monoisotopic (exact) mass is 377 g/mol. The van der Waals surface area contributed by atoms with Gasteiger partial charge in [0.05, 0.1) is 10.1 Å². The van der Waals surface area contributed by atoms with Crippen molar-refractivity contribution in [1.29, 1.82) is 0 Å². The molecule has 0 amide bonds. The molecule has 0 N–H and O–H groups in total. The van der Waals surface area contributed by atoms with Gasteiger partial charge in [0.25, 0.3) is 0 Å². The lowest BCUT2D eigenvalue weighted by Gasteiger charge is -2.17. The van der Waals surface area contributed by atoms with E-state index in [9.17, 15) is 0 Å². The molecular formula is C21H19N3S2. The van der Waals surface area contributed by atoms with Crippen molar-refractivity contribution in [2.24, 2.45) is 0 Å². The number of nitrogens with zero attached hydrogens (tertiary/aromatic N) is 3. The molecule has 130 valence electrons. The first kappa shape index (κ1) is 17.1. The van der Waals surface area contributed by atoms with Crippen LogP contribution in [0.5, 0.6) is 0 Å². The zero-order valence-electron chi connectivity index (χ0n) is 14.4. The highest BCUT2D eigenvalue weighted by atomic mass is 32.2. The fraction of sp³-hybridized carbons (Fsp3) is 0.143. The van der Waals surface area contributed by atoms with Crippen molar-refractivity contribution < 1.29 is 0 Å². The number of hydrogen-bond donors (Lipinski definition) is 0. The second-order valence-electron chi connectivity index (χ2n) is 5.85. The van der Waals surface area contributed by atoms with Crippen LogP contribution in [0.2, 0.25) is 0 Å². The Morgan fingerprint density at radius 1 is 0.885 bits per heavy atom. The third-order valence-electron chi connectivity index (χ3n) is 4.20. The number of thiophene rings is 1. The molecule has 4 rings (SSSR count). The Bertz CT molecular complexity index is 908. The maximum absolute atomic E-state index is 4.52. The van der Waals surface area contributed by atoms with Crippen LogP contribution in [0.1, 0.15) is 23.3 Å². The minimum atomic E-state index is 0.183. The smallest absolute Gasteiger partial charge is 0.192 e. The van der Waals surface area contributed by atoms with Crippen molar-refractivity contribution in [1.82, 2.24) is 14.8 Å². The van der Waals surface area contributed by atoms with E-state index in [0.717, 1.165) is 22.4 Å². The van der Waals surface area contributed by atoms with Gasteiger partial charge < -0.3 is 4.57 Å². The first-order chi connectivity index (χ1) is 12.9. The van der Waals surface area contributed by atoms with Gasteiger partial charge >= 0.3 is 0 Å². The molecule has 0 saturated heterocycles. The predicted molar refractivity (Wildman–Crippen MR) is 110 cm³/mol. The van der Waals surface area contributed by atoms with Crippen LogP contribution in [0.4, 0.5) is 0 Å². The summed E-state index contributed by atoms with van der Waals surface area (Å²) >= 11 is 3.46. The minimum absolute atomic E-state index is 0.183. The number of rotatable bonds is 6. The second-order valence-corrected chi connectivity index (χ2v) is 7.87. The average Bonchev–Trinajstić information content (AvgIpc) is 3.36. The Balaban J connectivity index is 1.73. The molecule has 5 heteroatoms. The molecular weight excluding hydrogens is 358 g/mol. The standard InChI is InChI=1S/C21H19N3S2/c1-2-24-20(18-14-9-15-25-18)22-23-21(24)26-19(16-10-5-3-6-11-16)17-12-7-4-8-13-17/h3-15,19H,2H2,1H3. The van der Waals surface area contributed by atoms with Crippen LogP contribution < -0.4 is 0 Å². The van der Waals surface area contributed by atoms with E-state index in [1.165, 1.54) is 11.1 Å². The fourth-order valence-electron chi connectivity index (χ4n) is 2.94. The van der Waals surface area contributed by atoms with Crippen molar-refractivity contribution in [3.63, 3.8) is 0 Å². The first-order valence-corrected chi connectivity index (χ1v) is 10.4. The molecule has 0 radical (unpaired) electrons. The Hall–Kier alpha value is -2.37. The SMILES string of the molecule is CCn1c(SC(c2ccccc2)c2ccccc2)nnc1-c1cccs1. The maximum Gasteiger partial charge on any atom is 0.192 e. The van der Waals surface area contributed by atoms with Gasteiger partial charge in [-0.2, -0.15) is 0 Å². The summed E-state index contributed by atoms with van der Waals surface area (Å²) in [5.74, 6) is 0.949. The van der Waals surface area contributed by atoms with Gasteiger partial charge in [0, 0.05) is 6.54 Å². The van der Waals surface area contributed by atoms with Gasteiger partial charge in [0.2, 0.25) is 0 Å². The van der Waals surface area contributed by atoms with Gasteiger partial charge in [-0.3, -0.25) is 0 Å². The summed E-state index contributed by atoms with van der Waals surface area (Å²) in [6, 6.07) is 25.3. The van der Waals surface area contributed by atoms with E-state index in [-0.39, 0.29) is 5.25 Å². The van der Waals surface area contributed by atoms with Crippen LogP contribution >= 0.6 is 23.1 Å². The topological polar surface area (TPSA) is 30.7 Å². The van der Waals surface area contributed by atoms with E-state index in [2.05, 4.69) is 99.9 Å². The van der Waals surface area contributed by atoms with Crippen molar-refractivity contribution in [2.75, 3.05) is 0 Å². The van der Waals surface area contributed by atoms with Gasteiger partial charge in [-0.1, -0.05) is 78.5 Å². The number of thioether (sulfide) groups is 1. The van der Waals surface area contributed by atoms with Gasteiger partial charge in [-0.05, 0) is 29.5 Å². The summed E-state index contributed by atoms with van der Waals surface area (Å²) < 4.78 is 2.20. The van der Waals surface area contributed by atoms with Crippen LogP contribution in [0.15, 0.2) is 83.3 Å². The summed E-state index contributed by atoms with van der Waals surface area (Å²) in [6.07, 6.45) is 0. The highest BCUT2D eigenvalue weighted by Crippen LogP contribution is 2.40. The van der Waals surface area contributed by atoms with Crippen LogP contribution in [0.25, 0.3) is 10.7 Å². The Kier molecular flexibility index (Phi) is 5.18. The number of benzene rings is 2. The van der Waals surface area contributed by atoms with E-state index in [1.54, 1.807) is 23.1 Å². The molecule has 0 saturated carbocycles. The van der Waals surface area contributed by atoms with E-state index in [4.69, 9.17) is 0 Å². The van der Waals surface area contributed by atoms with Crippen molar-refractivity contribution in [3.05, 3.63) is 89.3 Å². The summed E-state index contributed by atoms with van der Waals surface area (Å²) in [6.45, 7) is 2.99. The molecule has 0 fully saturated rings. The third kappa shape index (κ3) is 3.45. The summed E-state index contributed by atoms with van der Waals surface area (Å²) in [7, 11) is 0. The maximum atomic E-state index is 4.52. The van der Waals surface area contributed by atoms with E-state index in [0.29, 0.717) is 0 Å². The lowest BCUT2D eigenvalue weighted by Crippen LogP contribution is -2.02. The molecule has 0 atom stereocenters. The molecule has 4 aromatic rings. The molecule has 0 spiro atoms. The third-order valence-corrected chi connectivity index (χ3v) is 6.36. The summed E-state index contributed by atoms with van der Waals surface area (Å²) in [4.78, 5) is 1.15. The molecule has 0 aliphatic heterocycles. The highest BCUT2D eigenvalue weighted by molar-refractivity contribution is 7.99. The van der Waals surface area contributed by atoms with Crippen molar-refractivity contribution >= 4 is 23.1 Å². The molecule has 3 nitrogen and oxygen atoms in total. The molecule has 0 bridgehead atoms. The normalized spacial score (nSPS) is 11.2. The largest absolute Gasteiger partial charge is 0.302 e. The van der Waals surface area contributed by atoms with E-state index < -0.39 is 0 Å². The number of hydrogen-bond acceptors (Lipinski definition) is 4. The minimum Gasteiger partial charge on any atom is -0.302 e. The predicted octanol–water partition coefficient (Wildman–Crippen LogP) is 5.91. The van der Waals surface area contributed by atoms with Crippen LogP contribution in [-0.4, -0.2) is 14.8 Å². The molecule has 0 aliphatic carbocycles. The molecule has 0 unspecified atom stereocenters. The Labute approximate surface area is 161 Å². The quantitative estimate of drug-likeness (QED) is 0.391. The molecule has 2 heterocycles. The second kappa shape index (κ2) is 7.89. The molecule has 2 aromatic carbocycles. The van der Waals surface area contributed by atoms with Crippen LogP contribution in [-0.2, 0) is 6.54 Å². The summed E-state index contributed by atoms with van der Waals surface area (Å²) in [5.41, 5.74) is 2.54. The van der Waals surface area contributed by atoms with Crippen molar-refractivity contribution in [2.45, 2.75) is 23.9 Å². The molecule has 2 aromatic heterocycles. The average molecular weight is 378 g/mol. The molecule has 0 aliphatic rings. The Morgan fingerprint density at radius 2 is 1.54 bits per heavy atom. The van der Waals surface area contributed by atoms with Gasteiger partial charge in [0.15, 0.2) is 11.0 Å². The Morgan fingerprint density at radius 3 is 2.08 bits per heavy atom. The van der Waals surface area contributed by atoms with Crippen LogP contribution in [0.3, 0.4) is 0 Å². The highest BCUT2D eigenvalue weighted by Gasteiger charge is 2.21. The van der Waals surface area contributed by atoms with Gasteiger partial charge in [-0.15, -0.1) is 21.5 Å². The lowest BCUT2D eigenvalue weighted by molar-refractivity contribution is 0.687. The first-order valence-electron chi connectivity index (χ1n) is 8.60. The fourth-order valence-corrected chi connectivity index (χ4v) is 4.88. The zero-order valence-corrected chi connectivity index (χ0v) is 16.1. The molecule has 26 heavy (non-hydrogen) atoms. The van der Waals surface area contributed by atoms with Crippen molar-refractivity contribution in [3.8, 4) is 10.7 Å². The van der Waals surface area contributed by atoms with E-state index >= 15 is 0 Å². The summed E-state index contributed by atoms with van der Waals surface area (Å²) in [5, 5.41) is 12.2. The van der Waals surface area contributed by atoms with E-state index in [1.807, 2.05) is 0 Å². The zero-order chi connectivity index (χ0) is 17.8. The van der Waals surface area contributed by atoms with Gasteiger partial charge in [-0.25, -0.2) is 0 Å². The number of aromatic nitrogens is 3. The lowest BCUT2D eigenvalue weighted by atomic mass is 10.0. The van der Waals surface area contributed by atoms with Crippen LogP contribution in [0, 0.1) is 0 Å².